The standard InChI is InChI=1S/C49H32N2S/c1-3-14-38-41-21-13-22-42(49(41)52-47(38)4-2)40-20-12-19-39-36-17-8-11-24-45(36)51(48(39)40)35-28-25-32(26-29-35)33-27-30-46-43(31-33)37-18-9-10-23-44(37)50(46)34-15-6-5-7-16-34/h2-3,5-31H,1H3/b14-3-. The highest BCUT2D eigenvalue weighted by Gasteiger charge is 2.20. The lowest BCUT2D eigenvalue weighted by atomic mass is 9.99. The van der Waals surface area contributed by atoms with Crippen LogP contribution in [0, 0.1) is 12.3 Å². The van der Waals surface area contributed by atoms with Crippen molar-refractivity contribution in [1.29, 1.82) is 0 Å². The Bertz CT molecular complexity index is 3070. The molecule has 10 rings (SSSR count). The maximum Gasteiger partial charge on any atom is 0.0850 e. The monoisotopic (exact) mass is 680 g/mol. The highest BCUT2D eigenvalue weighted by Crippen LogP contribution is 2.44. The number of fused-ring (bicyclic) bond motifs is 7. The summed E-state index contributed by atoms with van der Waals surface area (Å²) in [6.07, 6.45) is 10.2. The van der Waals surface area contributed by atoms with Gasteiger partial charge in [0.2, 0.25) is 0 Å². The van der Waals surface area contributed by atoms with E-state index in [0.717, 1.165) is 16.1 Å². The molecule has 0 aliphatic carbocycles. The van der Waals surface area contributed by atoms with Gasteiger partial charge in [-0.1, -0.05) is 127 Å². The van der Waals surface area contributed by atoms with Crippen LogP contribution in [0.2, 0.25) is 0 Å². The predicted molar refractivity (Wildman–Crippen MR) is 224 cm³/mol. The van der Waals surface area contributed by atoms with Crippen molar-refractivity contribution < 1.29 is 0 Å². The first kappa shape index (κ1) is 30.2. The summed E-state index contributed by atoms with van der Waals surface area (Å²) in [4.78, 5) is 0.965. The number of nitrogens with zero attached hydrogens (tertiary/aromatic N) is 2. The summed E-state index contributed by atoms with van der Waals surface area (Å²) in [5.41, 5.74) is 13.0. The fourth-order valence-corrected chi connectivity index (χ4v) is 9.23. The van der Waals surface area contributed by atoms with Crippen molar-refractivity contribution in [3.63, 3.8) is 0 Å². The van der Waals surface area contributed by atoms with Crippen LogP contribution in [0.1, 0.15) is 17.4 Å². The fraction of sp³-hybridized carbons (Fsp3) is 0.0204. The van der Waals surface area contributed by atoms with Crippen molar-refractivity contribution in [1.82, 2.24) is 9.13 Å². The van der Waals surface area contributed by atoms with Gasteiger partial charge in [-0.05, 0) is 66.6 Å². The molecule has 10 aromatic rings. The Kier molecular flexibility index (Phi) is 6.99. The topological polar surface area (TPSA) is 9.86 Å². The van der Waals surface area contributed by atoms with Gasteiger partial charge in [-0.3, -0.25) is 0 Å². The Balaban J connectivity index is 1.15. The molecule has 2 nitrogen and oxygen atoms in total. The number of rotatable bonds is 5. The second kappa shape index (κ2) is 12.0. The largest absolute Gasteiger partial charge is 0.309 e. The van der Waals surface area contributed by atoms with E-state index < -0.39 is 0 Å². The van der Waals surface area contributed by atoms with E-state index in [-0.39, 0.29) is 0 Å². The van der Waals surface area contributed by atoms with Gasteiger partial charge in [0.1, 0.15) is 0 Å². The molecule has 0 aliphatic rings. The van der Waals surface area contributed by atoms with Crippen molar-refractivity contribution in [2.75, 3.05) is 0 Å². The molecule has 0 bridgehead atoms. The Morgan fingerprint density at radius 1 is 0.519 bits per heavy atom. The number of allylic oxidation sites excluding steroid dienone is 1. The van der Waals surface area contributed by atoms with Crippen molar-refractivity contribution in [3.8, 4) is 46.0 Å². The zero-order valence-corrected chi connectivity index (χ0v) is 29.4. The van der Waals surface area contributed by atoms with Crippen LogP contribution in [0.4, 0.5) is 0 Å². The summed E-state index contributed by atoms with van der Waals surface area (Å²) >= 11 is 1.71. The van der Waals surface area contributed by atoms with Gasteiger partial charge in [0.05, 0.1) is 26.9 Å². The van der Waals surface area contributed by atoms with E-state index in [0.29, 0.717) is 0 Å². The molecular weight excluding hydrogens is 649 g/mol. The molecule has 244 valence electrons. The normalized spacial score (nSPS) is 11.8. The highest BCUT2D eigenvalue weighted by molar-refractivity contribution is 7.20. The maximum atomic E-state index is 6.03. The second-order valence-electron chi connectivity index (χ2n) is 13.2. The average Bonchev–Trinajstić information content (AvgIpc) is 3.86. The lowest BCUT2D eigenvalue weighted by Gasteiger charge is -2.13. The Labute approximate surface area is 306 Å². The summed E-state index contributed by atoms with van der Waals surface area (Å²) in [5, 5.41) is 6.17. The number of hydrogen-bond donors (Lipinski definition) is 0. The molecular formula is C49H32N2S. The molecule has 0 atom stereocenters. The first-order chi connectivity index (χ1) is 25.7. The van der Waals surface area contributed by atoms with E-state index in [1.165, 1.54) is 81.6 Å². The molecule has 3 heteroatoms. The molecule has 0 saturated heterocycles. The number of para-hydroxylation sites is 4. The van der Waals surface area contributed by atoms with Gasteiger partial charge < -0.3 is 9.13 Å². The molecule has 0 aliphatic heterocycles. The quantitative estimate of drug-likeness (QED) is 0.160. The number of benzene rings is 7. The minimum atomic E-state index is 0.965. The van der Waals surface area contributed by atoms with E-state index in [1.54, 1.807) is 11.3 Å². The van der Waals surface area contributed by atoms with Crippen molar-refractivity contribution >= 4 is 71.1 Å². The number of thiophene rings is 1. The molecule has 0 fully saturated rings. The molecule has 3 heterocycles. The summed E-state index contributed by atoms with van der Waals surface area (Å²) in [7, 11) is 0. The van der Waals surface area contributed by atoms with Gasteiger partial charge >= 0.3 is 0 Å². The number of hydrogen-bond acceptors (Lipinski definition) is 1. The summed E-state index contributed by atoms with van der Waals surface area (Å²) < 4.78 is 6.01. The van der Waals surface area contributed by atoms with Gasteiger partial charge in [-0.2, -0.15) is 0 Å². The smallest absolute Gasteiger partial charge is 0.0850 e. The van der Waals surface area contributed by atoms with E-state index in [4.69, 9.17) is 6.42 Å². The number of aromatic nitrogens is 2. The van der Waals surface area contributed by atoms with Gasteiger partial charge in [0, 0.05) is 59.7 Å². The predicted octanol–water partition coefficient (Wildman–Crippen LogP) is 13.4. The lowest BCUT2D eigenvalue weighted by molar-refractivity contribution is 1.18. The fourth-order valence-electron chi connectivity index (χ4n) is 8.10. The Morgan fingerprint density at radius 3 is 1.87 bits per heavy atom. The first-order valence-electron chi connectivity index (χ1n) is 17.6. The SMILES string of the molecule is C#Cc1sc2c(-c3cccc4c5ccccc5n(-c5ccc(-c6ccc7c(c6)c6ccccc6n7-c6ccccc6)cc5)c34)cccc2c1/C=C\C. The van der Waals surface area contributed by atoms with Crippen LogP contribution in [0.3, 0.4) is 0 Å². The van der Waals surface area contributed by atoms with Gasteiger partial charge in [-0.25, -0.2) is 0 Å². The summed E-state index contributed by atoms with van der Waals surface area (Å²) in [5.74, 6) is 2.95. The van der Waals surface area contributed by atoms with Crippen LogP contribution in [0.25, 0.3) is 93.4 Å². The third-order valence-electron chi connectivity index (χ3n) is 10.3. The summed E-state index contributed by atoms with van der Waals surface area (Å²) in [6, 6.07) is 57.3. The molecule has 0 saturated carbocycles. The lowest BCUT2D eigenvalue weighted by Crippen LogP contribution is -1.96. The molecule has 0 N–H and O–H groups in total. The van der Waals surface area contributed by atoms with Crippen LogP contribution < -0.4 is 0 Å². The van der Waals surface area contributed by atoms with Crippen LogP contribution in [0.15, 0.2) is 164 Å². The van der Waals surface area contributed by atoms with Crippen LogP contribution in [-0.4, -0.2) is 9.13 Å². The van der Waals surface area contributed by atoms with E-state index in [1.807, 2.05) is 6.92 Å². The van der Waals surface area contributed by atoms with Gasteiger partial charge in [0.25, 0.3) is 0 Å². The maximum absolute atomic E-state index is 6.03. The molecule has 7 aromatic carbocycles. The van der Waals surface area contributed by atoms with Crippen molar-refractivity contribution in [3.05, 3.63) is 174 Å². The molecule has 0 unspecified atom stereocenters. The van der Waals surface area contributed by atoms with E-state index in [9.17, 15) is 0 Å². The van der Waals surface area contributed by atoms with Crippen LogP contribution >= 0.6 is 11.3 Å². The van der Waals surface area contributed by atoms with Gasteiger partial charge in [0.15, 0.2) is 0 Å². The second-order valence-corrected chi connectivity index (χ2v) is 14.2. The van der Waals surface area contributed by atoms with Crippen molar-refractivity contribution in [2.24, 2.45) is 0 Å². The molecule has 0 radical (unpaired) electrons. The summed E-state index contributed by atoms with van der Waals surface area (Å²) in [6.45, 7) is 2.04. The Morgan fingerprint density at radius 2 is 1.12 bits per heavy atom. The third-order valence-corrected chi connectivity index (χ3v) is 11.5. The molecule has 52 heavy (non-hydrogen) atoms. The highest BCUT2D eigenvalue weighted by atomic mass is 32.1. The molecule has 0 amide bonds. The first-order valence-corrected chi connectivity index (χ1v) is 18.4. The van der Waals surface area contributed by atoms with E-state index in [2.05, 4.69) is 185 Å². The van der Waals surface area contributed by atoms with Crippen molar-refractivity contribution in [2.45, 2.75) is 6.92 Å². The van der Waals surface area contributed by atoms with Crippen LogP contribution in [0.5, 0.6) is 0 Å². The minimum absolute atomic E-state index is 0.965. The Hall–Kier alpha value is -6.60. The molecule has 3 aromatic heterocycles. The van der Waals surface area contributed by atoms with E-state index >= 15 is 0 Å². The third kappa shape index (κ3) is 4.52. The van der Waals surface area contributed by atoms with Gasteiger partial charge in [-0.15, -0.1) is 17.8 Å². The zero-order chi connectivity index (χ0) is 34.8. The average molecular weight is 681 g/mol. The molecule has 0 spiro atoms. The minimum Gasteiger partial charge on any atom is -0.309 e. The zero-order valence-electron chi connectivity index (χ0n) is 28.5. The number of terminal acetylenes is 1. The van der Waals surface area contributed by atoms with Crippen LogP contribution in [-0.2, 0) is 0 Å².